The predicted molar refractivity (Wildman–Crippen MR) is 77.6 cm³/mol. The van der Waals surface area contributed by atoms with Gasteiger partial charge in [-0.25, -0.2) is 0 Å². The van der Waals surface area contributed by atoms with E-state index >= 15 is 0 Å². The fourth-order valence-electron chi connectivity index (χ4n) is 2.86. The third-order valence-electron chi connectivity index (χ3n) is 4.14. The highest BCUT2D eigenvalue weighted by Crippen LogP contribution is 2.20. The number of rotatable bonds is 4. The number of benzene rings is 1. The molecule has 18 heavy (non-hydrogen) atoms. The monoisotopic (exact) mass is 246 g/mol. The molecule has 0 bridgehead atoms. The lowest BCUT2D eigenvalue weighted by molar-refractivity contribution is 0.155. The second-order valence-electron chi connectivity index (χ2n) is 5.69. The first-order valence-corrected chi connectivity index (χ1v) is 7.23. The van der Waals surface area contributed by atoms with Crippen LogP contribution in [0.25, 0.3) is 0 Å². The van der Waals surface area contributed by atoms with Crippen molar-refractivity contribution < 1.29 is 0 Å². The number of nitrogens with zero attached hydrogens (tertiary/aromatic N) is 1. The molecule has 1 aromatic rings. The van der Waals surface area contributed by atoms with E-state index in [1.807, 2.05) is 0 Å². The number of likely N-dealkylation sites (tertiary alicyclic amines) is 1. The molecule has 2 N–H and O–H groups in total. The standard InChI is InChI=1S/C16H26N2/c1-13-6-5-8-15(12-13)16(17)9-11-18-10-4-3-7-14(18)2/h5-6,8,12,14,16H,3-4,7,9-11,17H2,1-2H3. The van der Waals surface area contributed by atoms with Gasteiger partial charge >= 0.3 is 0 Å². The lowest BCUT2D eigenvalue weighted by atomic mass is 10.00. The Bertz CT molecular complexity index is 375. The van der Waals surface area contributed by atoms with Crippen molar-refractivity contribution in [2.75, 3.05) is 13.1 Å². The summed E-state index contributed by atoms with van der Waals surface area (Å²) in [5.41, 5.74) is 8.88. The van der Waals surface area contributed by atoms with E-state index in [0.717, 1.165) is 19.0 Å². The van der Waals surface area contributed by atoms with E-state index < -0.39 is 0 Å². The minimum absolute atomic E-state index is 0.180. The quantitative estimate of drug-likeness (QED) is 0.883. The van der Waals surface area contributed by atoms with E-state index in [1.165, 1.54) is 36.9 Å². The van der Waals surface area contributed by atoms with Gasteiger partial charge in [-0.3, -0.25) is 0 Å². The molecule has 100 valence electrons. The number of hydrogen-bond donors (Lipinski definition) is 1. The van der Waals surface area contributed by atoms with Gasteiger partial charge in [0.05, 0.1) is 0 Å². The van der Waals surface area contributed by atoms with Crippen molar-refractivity contribution in [1.29, 1.82) is 0 Å². The second kappa shape index (κ2) is 6.35. The van der Waals surface area contributed by atoms with Gasteiger partial charge in [-0.1, -0.05) is 36.2 Å². The normalized spacial score (nSPS) is 22.9. The van der Waals surface area contributed by atoms with Gasteiger partial charge in [0.2, 0.25) is 0 Å². The van der Waals surface area contributed by atoms with Crippen LogP contribution in [0, 0.1) is 6.92 Å². The number of piperidine rings is 1. The Labute approximate surface area is 111 Å². The van der Waals surface area contributed by atoms with Gasteiger partial charge in [0, 0.05) is 18.6 Å². The third kappa shape index (κ3) is 3.56. The lowest BCUT2D eigenvalue weighted by Gasteiger charge is -2.34. The summed E-state index contributed by atoms with van der Waals surface area (Å²) >= 11 is 0. The molecule has 0 aliphatic carbocycles. The van der Waals surface area contributed by atoms with E-state index in [9.17, 15) is 0 Å². The molecule has 2 nitrogen and oxygen atoms in total. The first-order valence-electron chi connectivity index (χ1n) is 7.23. The summed E-state index contributed by atoms with van der Waals surface area (Å²) in [6.45, 7) is 6.86. The predicted octanol–water partition coefficient (Wildman–Crippen LogP) is 3.26. The molecule has 0 spiro atoms. The van der Waals surface area contributed by atoms with Gasteiger partial charge in [0.1, 0.15) is 0 Å². The molecule has 2 heteroatoms. The van der Waals surface area contributed by atoms with Gasteiger partial charge in [0.25, 0.3) is 0 Å². The first-order chi connectivity index (χ1) is 8.66. The summed E-state index contributed by atoms with van der Waals surface area (Å²) in [5, 5.41) is 0. The summed E-state index contributed by atoms with van der Waals surface area (Å²) in [6.07, 6.45) is 5.15. The van der Waals surface area contributed by atoms with Gasteiger partial charge in [-0.15, -0.1) is 0 Å². The maximum atomic E-state index is 6.30. The Hall–Kier alpha value is -0.860. The molecule has 0 radical (unpaired) electrons. The van der Waals surface area contributed by atoms with Crippen LogP contribution in [-0.4, -0.2) is 24.0 Å². The van der Waals surface area contributed by atoms with Crippen molar-refractivity contribution in [1.82, 2.24) is 4.90 Å². The molecule has 2 rings (SSSR count). The van der Waals surface area contributed by atoms with Gasteiger partial charge in [0.15, 0.2) is 0 Å². The van der Waals surface area contributed by atoms with E-state index in [4.69, 9.17) is 5.73 Å². The van der Waals surface area contributed by atoms with E-state index in [0.29, 0.717) is 0 Å². The molecular weight excluding hydrogens is 220 g/mol. The van der Waals surface area contributed by atoms with Gasteiger partial charge in [-0.05, 0) is 45.2 Å². The molecule has 2 unspecified atom stereocenters. The van der Waals surface area contributed by atoms with Crippen molar-refractivity contribution in [2.24, 2.45) is 5.73 Å². The molecule has 1 fully saturated rings. The number of nitrogens with two attached hydrogens (primary N) is 1. The van der Waals surface area contributed by atoms with Crippen LogP contribution in [0.15, 0.2) is 24.3 Å². The van der Waals surface area contributed by atoms with E-state index in [2.05, 4.69) is 43.0 Å². The Balaban J connectivity index is 1.86. The average Bonchev–Trinajstić information content (AvgIpc) is 2.37. The highest BCUT2D eigenvalue weighted by molar-refractivity contribution is 5.24. The molecule has 0 saturated carbocycles. The van der Waals surface area contributed by atoms with Crippen molar-refractivity contribution in [2.45, 2.75) is 51.6 Å². The van der Waals surface area contributed by atoms with Crippen LogP contribution in [0.4, 0.5) is 0 Å². The number of hydrogen-bond acceptors (Lipinski definition) is 2. The van der Waals surface area contributed by atoms with Crippen LogP contribution in [0.3, 0.4) is 0 Å². The SMILES string of the molecule is Cc1cccc(C(N)CCN2CCCCC2C)c1. The Kier molecular flexibility index (Phi) is 4.79. The van der Waals surface area contributed by atoms with Crippen LogP contribution >= 0.6 is 0 Å². The Morgan fingerprint density at radius 2 is 2.22 bits per heavy atom. The van der Waals surface area contributed by atoms with Crippen LogP contribution in [0.2, 0.25) is 0 Å². The fraction of sp³-hybridized carbons (Fsp3) is 0.625. The van der Waals surface area contributed by atoms with Gasteiger partial charge in [-0.2, -0.15) is 0 Å². The largest absolute Gasteiger partial charge is 0.324 e. The molecule has 1 saturated heterocycles. The molecule has 1 aliphatic heterocycles. The van der Waals surface area contributed by atoms with Crippen molar-refractivity contribution >= 4 is 0 Å². The maximum Gasteiger partial charge on any atom is 0.0307 e. The van der Waals surface area contributed by atoms with Crippen molar-refractivity contribution in [3.8, 4) is 0 Å². The van der Waals surface area contributed by atoms with Crippen molar-refractivity contribution in [3.63, 3.8) is 0 Å². The fourth-order valence-corrected chi connectivity index (χ4v) is 2.86. The smallest absolute Gasteiger partial charge is 0.0307 e. The topological polar surface area (TPSA) is 29.3 Å². The minimum Gasteiger partial charge on any atom is -0.324 e. The minimum atomic E-state index is 0.180. The maximum absolute atomic E-state index is 6.30. The third-order valence-corrected chi connectivity index (χ3v) is 4.14. The zero-order valence-corrected chi connectivity index (χ0v) is 11.7. The zero-order chi connectivity index (χ0) is 13.0. The molecule has 0 aromatic heterocycles. The zero-order valence-electron chi connectivity index (χ0n) is 11.7. The molecule has 1 heterocycles. The molecule has 0 amide bonds. The summed E-state index contributed by atoms with van der Waals surface area (Å²) in [7, 11) is 0. The molecular formula is C16H26N2. The molecule has 2 atom stereocenters. The summed E-state index contributed by atoms with van der Waals surface area (Å²) < 4.78 is 0. The molecule has 1 aliphatic rings. The van der Waals surface area contributed by atoms with Crippen molar-refractivity contribution in [3.05, 3.63) is 35.4 Å². The summed E-state index contributed by atoms with van der Waals surface area (Å²) in [4.78, 5) is 2.60. The van der Waals surface area contributed by atoms with Crippen LogP contribution < -0.4 is 5.73 Å². The summed E-state index contributed by atoms with van der Waals surface area (Å²) in [6, 6.07) is 9.51. The number of aryl methyl sites for hydroxylation is 1. The van der Waals surface area contributed by atoms with Gasteiger partial charge < -0.3 is 10.6 Å². The summed E-state index contributed by atoms with van der Waals surface area (Å²) in [5.74, 6) is 0. The van der Waals surface area contributed by atoms with E-state index in [1.54, 1.807) is 0 Å². The van der Waals surface area contributed by atoms with Crippen LogP contribution in [-0.2, 0) is 0 Å². The van der Waals surface area contributed by atoms with Crippen LogP contribution in [0.5, 0.6) is 0 Å². The lowest BCUT2D eigenvalue weighted by Crippen LogP contribution is -2.38. The Morgan fingerprint density at radius 1 is 1.39 bits per heavy atom. The highest BCUT2D eigenvalue weighted by Gasteiger charge is 2.18. The average molecular weight is 246 g/mol. The second-order valence-corrected chi connectivity index (χ2v) is 5.69. The van der Waals surface area contributed by atoms with Crippen LogP contribution in [0.1, 0.15) is 49.8 Å². The Morgan fingerprint density at radius 3 is 2.94 bits per heavy atom. The first kappa shape index (κ1) is 13.6. The van der Waals surface area contributed by atoms with E-state index in [-0.39, 0.29) is 6.04 Å². The highest BCUT2D eigenvalue weighted by atomic mass is 15.2. The molecule has 1 aromatic carbocycles.